The van der Waals surface area contributed by atoms with E-state index in [1.165, 1.54) is 0 Å². The van der Waals surface area contributed by atoms with Gasteiger partial charge in [0.25, 0.3) is 6.71 Å². The van der Waals surface area contributed by atoms with E-state index in [-0.39, 0.29) is 6.71 Å². The zero-order chi connectivity index (χ0) is 73.2. The molecule has 6 heterocycles. The zero-order valence-electron chi connectivity index (χ0n) is 58.7. The number of aromatic nitrogens is 10. The number of para-hydroxylation sites is 2. The fraction of sp³-hybridized carbons (Fsp3) is 0. The Morgan fingerprint density at radius 3 is 1.04 bits per heavy atom. The molecule has 0 amide bonds. The van der Waals surface area contributed by atoms with Crippen LogP contribution < -0.4 is 26.2 Å². The molecular formula is C95H57BN14. The van der Waals surface area contributed by atoms with Gasteiger partial charge in [-0.2, -0.15) is 5.26 Å². The normalized spacial score (nSPS) is 11.9. The first-order valence-electron chi connectivity index (χ1n) is 36.2. The van der Waals surface area contributed by atoms with Crippen molar-refractivity contribution < 1.29 is 0 Å². The molecule has 0 bridgehead atoms. The number of anilines is 6. The lowest BCUT2D eigenvalue weighted by atomic mass is 9.33. The van der Waals surface area contributed by atoms with E-state index >= 15 is 0 Å². The Morgan fingerprint density at radius 1 is 0.282 bits per heavy atom. The third kappa shape index (κ3) is 11.3. The molecule has 14 nitrogen and oxygen atoms in total. The Morgan fingerprint density at radius 2 is 0.627 bits per heavy atom. The number of nitrogens with zero attached hydrogens (tertiary/aromatic N) is 14. The van der Waals surface area contributed by atoms with Crippen molar-refractivity contribution in [1.82, 2.24) is 49.4 Å². The number of hydrogen-bond acceptors (Lipinski definition) is 12. The highest BCUT2D eigenvalue weighted by molar-refractivity contribution is 7.00. The summed E-state index contributed by atoms with van der Waals surface area (Å²) in [7, 11) is 0. The maximum atomic E-state index is 10.7. The fourth-order valence-corrected chi connectivity index (χ4v) is 15.4. The Bertz CT molecular complexity index is 6440. The van der Waals surface area contributed by atoms with E-state index in [9.17, 15) is 5.26 Å². The first kappa shape index (κ1) is 64.2. The summed E-state index contributed by atoms with van der Waals surface area (Å²) in [5.74, 6) is 4.52. The van der Waals surface area contributed by atoms with Crippen molar-refractivity contribution >= 4 is 84.7 Å². The summed E-state index contributed by atoms with van der Waals surface area (Å²) in [4.78, 5) is 56.2. The minimum absolute atomic E-state index is 0.273. The molecular weight excluding hydrogens is 1350 g/mol. The van der Waals surface area contributed by atoms with Gasteiger partial charge in [0.15, 0.2) is 58.1 Å². The van der Waals surface area contributed by atoms with Gasteiger partial charge in [0.1, 0.15) is 0 Å². The first-order chi connectivity index (χ1) is 54.4. The standard InChI is InChI=1S/C95H57BN14/c1-98-71-46-48-78-83(58-71)109(73-40-24-9-25-41-73)85-57-70(56-84-86(85)96(78)77-47-42-60(59-97)52-82(77)108(84)72-38-22-8-23-39-72)67-43-49-79-74(53-67)75-54-68(93-102-87(61-26-10-2-11-27-61)99-88(103-93)62-28-12-3-13-29-62)44-50-80(75)110(79)81-51-45-69(94-104-89(63-30-14-4-15-31-63)100-90(105-94)64-32-16-5-17-33-64)55-76(81)95-106-91(65-34-18-6-19-35-65)101-92(107-95)66-36-20-7-21-37-66/h2-58H. The largest absolute Gasteiger partial charge is 0.313 e. The Hall–Kier alpha value is -15.4. The molecule has 0 saturated heterocycles. The molecule has 2 aliphatic rings. The van der Waals surface area contributed by atoms with E-state index in [0.29, 0.717) is 74.8 Å². The highest BCUT2D eigenvalue weighted by atomic mass is 15.2. The van der Waals surface area contributed by atoms with Gasteiger partial charge in [0, 0.05) is 95.0 Å². The zero-order valence-corrected chi connectivity index (χ0v) is 58.7. The maximum absolute atomic E-state index is 10.7. The van der Waals surface area contributed by atoms with Crippen molar-refractivity contribution in [2.45, 2.75) is 0 Å². The van der Waals surface area contributed by atoms with E-state index in [0.717, 1.165) is 128 Å². The number of nitriles is 1. The van der Waals surface area contributed by atoms with Gasteiger partial charge in [0.05, 0.1) is 34.9 Å². The highest BCUT2D eigenvalue weighted by Crippen LogP contribution is 2.49. The Labute approximate surface area is 633 Å². The van der Waals surface area contributed by atoms with Crippen molar-refractivity contribution in [3.8, 4) is 125 Å². The summed E-state index contributed by atoms with van der Waals surface area (Å²) >= 11 is 0. The van der Waals surface area contributed by atoms with Gasteiger partial charge in [-0.3, -0.25) is 0 Å². The Kier molecular flexibility index (Phi) is 15.7. The average molecular weight is 1410 g/mol. The van der Waals surface area contributed by atoms with Crippen LogP contribution in [-0.4, -0.2) is 56.1 Å². The van der Waals surface area contributed by atoms with Crippen molar-refractivity contribution in [3.05, 3.63) is 363 Å². The average Bonchev–Trinajstić information content (AvgIpc) is 0.785. The van der Waals surface area contributed by atoms with Crippen LogP contribution in [0.25, 0.3) is 146 Å². The van der Waals surface area contributed by atoms with Crippen LogP contribution in [0, 0.1) is 17.9 Å². The molecule has 0 atom stereocenters. The SMILES string of the molecule is [C-]#[N+]c1ccc2c(c1)N(c1ccccc1)c1cc(-c3ccc4c(c3)c3cc(-c5nc(-c6ccccc6)nc(-c6ccccc6)n5)ccc3n4-c3ccc(-c4nc(-c5ccccc5)nc(-c5ccccc5)n4)cc3-c3nc(-c4ccccc4)nc(-c4ccccc4)n3)cc3c1B2c1ccc(C#N)cc1N3c1ccccc1. The van der Waals surface area contributed by atoms with Gasteiger partial charge in [-0.25, -0.2) is 49.7 Å². The molecule has 0 aliphatic carbocycles. The molecule has 510 valence electrons. The lowest BCUT2D eigenvalue weighted by Crippen LogP contribution is -2.61. The molecule has 20 rings (SSSR count). The predicted molar refractivity (Wildman–Crippen MR) is 440 cm³/mol. The van der Waals surface area contributed by atoms with Crippen LogP contribution in [0.15, 0.2) is 346 Å². The Balaban J connectivity index is 0.872. The summed E-state index contributed by atoms with van der Waals surface area (Å²) in [5, 5.41) is 12.5. The molecule has 110 heavy (non-hydrogen) atoms. The van der Waals surface area contributed by atoms with Crippen molar-refractivity contribution in [1.29, 1.82) is 5.26 Å². The molecule has 0 fully saturated rings. The molecule has 0 unspecified atom stereocenters. The van der Waals surface area contributed by atoms with Crippen LogP contribution in [0.5, 0.6) is 0 Å². The number of fused-ring (bicyclic) bond motifs is 7. The smallest absolute Gasteiger partial charge is 0.251 e. The van der Waals surface area contributed by atoms with E-state index in [1.54, 1.807) is 0 Å². The number of benzene rings is 14. The lowest BCUT2D eigenvalue weighted by molar-refractivity contribution is 1.06. The molecule has 15 heteroatoms. The van der Waals surface area contributed by atoms with Gasteiger partial charge < -0.3 is 14.4 Å². The number of hydrogen-bond donors (Lipinski definition) is 0. The van der Waals surface area contributed by atoms with Crippen molar-refractivity contribution in [3.63, 3.8) is 0 Å². The summed E-state index contributed by atoms with van der Waals surface area (Å²) < 4.78 is 2.31. The fourth-order valence-electron chi connectivity index (χ4n) is 15.4. The van der Waals surface area contributed by atoms with Gasteiger partial charge >= 0.3 is 0 Å². The third-order valence-electron chi connectivity index (χ3n) is 20.5. The quantitative estimate of drug-likeness (QED) is 0.0797. The predicted octanol–water partition coefficient (Wildman–Crippen LogP) is 20.5. The minimum Gasteiger partial charge on any atom is -0.313 e. The molecule has 0 N–H and O–H groups in total. The second kappa shape index (κ2) is 26.9. The van der Waals surface area contributed by atoms with Crippen LogP contribution in [-0.2, 0) is 0 Å². The van der Waals surface area contributed by atoms with E-state index in [2.05, 4.69) is 153 Å². The van der Waals surface area contributed by atoms with Crippen LogP contribution in [0.3, 0.4) is 0 Å². The third-order valence-corrected chi connectivity index (χ3v) is 20.5. The summed E-state index contributed by atoms with van der Waals surface area (Å²) in [5.41, 5.74) is 21.5. The van der Waals surface area contributed by atoms with Crippen molar-refractivity contribution in [2.75, 3.05) is 9.80 Å². The summed E-state index contributed by atoms with van der Waals surface area (Å²) in [6.07, 6.45) is 0. The van der Waals surface area contributed by atoms with Gasteiger partial charge in [0.2, 0.25) is 0 Å². The van der Waals surface area contributed by atoms with Gasteiger partial charge in [-0.15, -0.1) is 0 Å². The monoisotopic (exact) mass is 1400 g/mol. The molecule has 2 aliphatic heterocycles. The van der Waals surface area contributed by atoms with Gasteiger partial charge in [-0.05, 0) is 131 Å². The van der Waals surface area contributed by atoms with Crippen molar-refractivity contribution in [2.24, 2.45) is 0 Å². The molecule has 18 aromatic rings. The van der Waals surface area contributed by atoms with Crippen LogP contribution in [0.1, 0.15) is 5.56 Å². The molecule has 0 radical (unpaired) electrons. The van der Waals surface area contributed by atoms with E-state index in [4.69, 9.17) is 51.4 Å². The topological polar surface area (TPSA) is 156 Å². The summed E-state index contributed by atoms with van der Waals surface area (Å²) in [6, 6.07) is 120. The molecule has 0 saturated carbocycles. The van der Waals surface area contributed by atoms with Crippen LogP contribution >= 0.6 is 0 Å². The lowest BCUT2D eigenvalue weighted by Gasteiger charge is -2.44. The second-order valence-electron chi connectivity index (χ2n) is 27.1. The van der Waals surface area contributed by atoms with Gasteiger partial charge in [-0.1, -0.05) is 243 Å². The first-order valence-corrected chi connectivity index (χ1v) is 36.2. The molecule has 14 aromatic carbocycles. The minimum atomic E-state index is -0.273. The van der Waals surface area contributed by atoms with Crippen LogP contribution in [0.2, 0.25) is 0 Å². The molecule has 0 spiro atoms. The maximum Gasteiger partial charge on any atom is 0.251 e. The summed E-state index contributed by atoms with van der Waals surface area (Å²) in [6.45, 7) is 8.10. The van der Waals surface area contributed by atoms with E-state index in [1.807, 2.05) is 218 Å². The second-order valence-corrected chi connectivity index (χ2v) is 27.1. The van der Waals surface area contributed by atoms with E-state index < -0.39 is 0 Å². The highest BCUT2D eigenvalue weighted by Gasteiger charge is 2.44. The molecule has 4 aromatic heterocycles. The van der Waals surface area contributed by atoms with Crippen LogP contribution in [0.4, 0.5) is 39.8 Å². The number of rotatable bonds is 13.